The monoisotopic (exact) mass is 411 g/mol. The normalized spacial score (nSPS) is 17.8. The largest absolute Gasteiger partial charge is 0.381 e. The molecule has 1 fully saturated rings. The number of halogens is 1. The van der Waals surface area contributed by atoms with Crippen molar-refractivity contribution in [1.29, 1.82) is 0 Å². The van der Waals surface area contributed by atoms with Crippen LogP contribution in [0, 0.1) is 0 Å². The Labute approximate surface area is 175 Å². The number of carbonyl (C=O) groups is 1. The molecule has 1 atom stereocenters. The minimum Gasteiger partial charge on any atom is -0.381 e. The van der Waals surface area contributed by atoms with Gasteiger partial charge in [0, 0.05) is 49.0 Å². The second-order valence-corrected chi connectivity index (χ2v) is 7.98. The number of aromatic amines is 1. The molecule has 0 spiro atoms. The standard InChI is InChI=1S/C22H26ClN5O/c1-24-22(29)19-13-26-21-18(8-10-25-21)20(19)27-17-3-2-11-28(12-9-17)14-15-4-6-16(23)7-5-15/h4-8,10,13,17H,2-3,9,11-12,14H2,1H3,(H,24,29)(H2,25,26,27). The molecular formula is C22H26ClN5O. The summed E-state index contributed by atoms with van der Waals surface area (Å²) in [5.41, 5.74) is 3.53. The van der Waals surface area contributed by atoms with Gasteiger partial charge in [0.25, 0.3) is 5.91 Å². The number of hydrogen-bond acceptors (Lipinski definition) is 4. The molecule has 3 N–H and O–H groups in total. The fourth-order valence-electron chi connectivity index (χ4n) is 3.98. The minimum atomic E-state index is -0.124. The van der Waals surface area contributed by atoms with Crippen LogP contribution in [0.3, 0.4) is 0 Å². The van der Waals surface area contributed by atoms with Crippen molar-refractivity contribution in [3.8, 4) is 0 Å². The molecule has 1 saturated heterocycles. The SMILES string of the molecule is CNC(=O)c1cnc2[nH]ccc2c1NC1CCCN(Cc2ccc(Cl)cc2)CC1. The highest BCUT2D eigenvalue weighted by molar-refractivity contribution is 6.30. The minimum absolute atomic E-state index is 0.124. The highest BCUT2D eigenvalue weighted by atomic mass is 35.5. The number of hydrogen-bond donors (Lipinski definition) is 3. The van der Waals surface area contributed by atoms with Crippen LogP contribution in [-0.4, -0.2) is 47.0 Å². The lowest BCUT2D eigenvalue weighted by Crippen LogP contribution is -2.27. The van der Waals surface area contributed by atoms with E-state index in [9.17, 15) is 4.79 Å². The predicted octanol–water partition coefficient (Wildman–Crippen LogP) is 4.04. The molecule has 7 heteroatoms. The summed E-state index contributed by atoms with van der Waals surface area (Å²) in [4.78, 5) is 22.4. The molecular weight excluding hydrogens is 386 g/mol. The summed E-state index contributed by atoms with van der Waals surface area (Å²) in [6.45, 7) is 3.01. The van der Waals surface area contributed by atoms with Gasteiger partial charge >= 0.3 is 0 Å². The summed E-state index contributed by atoms with van der Waals surface area (Å²) in [5, 5.41) is 8.11. The molecule has 152 valence electrons. The van der Waals surface area contributed by atoms with Crippen molar-refractivity contribution in [3.63, 3.8) is 0 Å². The Hall–Kier alpha value is -2.57. The van der Waals surface area contributed by atoms with E-state index < -0.39 is 0 Å². The van der Waals surface area contributed by atoms with E-state index in [0.29, 0.717) is 11.6 Å². The van der Waals surface area contributed by atoms with E-state index in [1.807, 2.05) is 24.4 Å². The van der Waals surface area contributed by atoms with Crippen molar-refractivity contribution in [2.45, 2.75) is 31.8 Å². The number of anilines is 1. The van der Waals surface area contributed by atoms with Gasteiger partial charge in [0.05, 0.1) is 11.3 Å². The second-order valence-electron chi connectivity index (χ2n) is 7.54. The lowest BCUT2D eigenvalue weighted by atomic mass is 10.1. The Morgan fingerprint density at radius 2 is 2.07 bits per heavy atom. The summed E-state index contributed by atoms with van der Waals surface area (Å²) in [5.74, 6) is -0.124. The number of nitrogens with zero attached hydrogens (tertiary/aromatic N) is 2. The van der Waals surface area contributed by atoms with E-state index in [2.05, 4.69) is 37.6 Å². The Bertz CT molecular complexity index is 985. The second kappa shape index (κ2) is 8.84. The highest BCUT2D eigenvalue weighted by Gasteiger charge is 2.21. The molecule has 0 saturated carbocycles. The van der Waals surface area contributed by atoms with Crippen molar-refractivity contribution in [3.05, 3.63) is 58.9 Å². The molecule has 3 heterocycles. The zero-order chi connectivity index (χ0) is 20.2. The predicted molar refractivity (Wildman–Crippen MR) is 117 cm³/mol. The Morgan fingerprint density at radius 1 is 1.24 bits per heavy atom. The average Bonchev–Trinajstić information content (AvgIpc) is 3.11. The van der Waals surface area contributed by atoms with E-state index in [-0.39, 0.29) is 5.91 Å². The Morgan fingerprint density at radius 3 is 2.86 bits per heavy atom. The number of benzene rings is 1. The number of H-pyrrole nitrogens is 1. The smallest absolute Gasteiger partial charge is 0.254 e. The molecule has 0 aliphatic carbocycles. The number of pyridine rings is 1. The summed E-state index contributed by atoms with van der Waals surface area (Å²) in [6.07, 6.45) is 6.70. The number of fused-ring (bicyclic) bond motifs is 1. The van der Waals surface area contributed by atoms with E-state index in [4.69, 9.17) is 11.6 Å². The van der Waals surface area contributed by atoms with E-state index >= 15 is 0 Å². The number of nitrogens with one attached hydrogen (secondary N) is 3. The van der Waals surface area contributed by atoms with Crippen molar-refractivity contribution in [1.82, 2.24) is 20.2 Å². The van der Waals surface area contributed by atoms with Gasteiger partial charge in [-0.3, -0.25) is 9.69 Å². The fraction of sp³-hybridized carbons (Fsp3) is 0.364. The third-order valence-electron chi connectivity index (χ3n) is 5.55. The van der Waals surface area contributed by atoms with Crippen LogP contribution in [0.4, 0.5) is 5.69 Å². The summed E-state index contributed by atoms with van der Waals surface area (Å²) in [7, 11) is 1.65. The zero-order valence-corrected chi connectivity index (χ0v) is 17.3. The molecule has 29 heavy (non-hydrogen) atoms. The van der Waals surface area contributed by atoms with Crippen LogP contribution in [0.2, 0.25) is 5.02 Å². The molecule has 0 bridgehead atoms. The lowest BCUT2D eigenvalue weighted by molar-refractivity contribution is 0.0963. The van der Waals surface area contributed by atoms with Crippen LogP contribution in [0.5, 0.6) is 0 Å². The van der Waals surface area contributed by atoms with Gasteiger partial charge in [-0.1, -0.05) is 23.7 Å². The maximum Gasteiger partial charge on any atom is 0.254 e. The first-order valence-corrected chi connectivity index (χ1v) is 10.4. The molecule has 4 rings (SSSR count). The summed E-state index contributed by atoms with van der Waals surface area (Å²) in [6, 6.07) is 10.4. The van der Waals surface area contributed by atoms with Gasteiger partial charge in [-0.2, -0.15) is 0 Å². The van der Waals surface area contributed by atoms with Gasteiger partial charge < -0.3 is 15.6 Å². The first-order valence-electron chi connectivity index (χ1n) is 10.1. The van der Waals surface area contributed by atoms with Crippen LogP contribution in [0.25, 0.3) is 11.0 Å². The lowest BCUT2D eigenvalue weighted by Gasteiger charge is -2.22. The van der Waals surface area contributed by atoms with E-state index in [0.717, 1.165) is 60.6 Å². The van der Waals surface area contributed by atoms with E-state index in [1.165, 1.54) is 5.56 Å². The molecule has 6 nitrogen and oxygen atoms in total. The van der Waals surface area contributed by atoms with Gasteiger partial charge in [-0.05, 0) is 49.6 Å². The number of aromatic nitrogens is 2. The van der Waals surface area contributed by atoms with Crippen LogP contribution in [0.15, 0.2) is 42.7 Å². The molecule has 1 amide bonds. The van der Waals surface area contributed by atoms with E-state index in [1.54, 1.807) is 13.2 Å². The average molecular weight is 412 g/mol. The molecule has 1 aliphatic rings. The van der Waals surface area contributed by atoms with Crippen LogP contribution >= 0.6 is 11.6 Å². The third-order valence-corrected chi connectivity index (χ3v) is 5.80. The maximum atomic E-state index is 12.4. The quantitative estimate of drug-likeness (QED) is 0.592. The van der Waals surface area contributed by atoms with Crippen LogP contribution < -0.4 is 10.6 Å². The third kappa shape index (κ3) is 4.54. The Balaban J connectivity index is 1.47. The van der Waals surface area contributed by atoms with Gasteiger partial charge in [-0.15, -0.1) is 0 Å². The molecule has 0 radical (unpaired) electrons. The van der Waals surface area contributed by atoms with Crippen molar-refractivity contribution in [2.24, 2.45) is 0 Å². The van der Waals surface area contributed by atoms with Gasteiger partial charge in [-0.25, -0.2) is 4.98 Å². The Kier molecular flexibility index (Phi) is 6.02. The highest BCUT2D eigenvalue weighted by Crippen LogP contribution is 2.28. The van der Waals surface area contributed by atoms with Gasteiger partial charge in [0.2, 0.25) is 0 Å². The molecule has 3 aromatic rings. The van der Waals surface area contributed by atoms with Crippen molar-refractivity contribution >= 4 is 34.2 Å². The maximum absolute atomic E-state index is 12.4. The van der Waals surface area contributed by atoms with Crippen molar-refractivity contribution in [2.75, 3.05) is 25.5 Å². The molecule has 1 aliphatic heterocycles. The number of carbonyl (C=O) groups excluding carboxylic acids is 1. The van der Waals surface area contributed by atoms with Crippen LogP contribution in [0.1, 0.15) is 35.2 Å². The zero-order valence-electron chi connectivity index (χ0n) is 16.5. The topological polar surface area (TPSA) is 73.0 Å². The molecule has 1 aromatic carbocycles. The molecule has 1 unspecified atom stereocenters. The van der Waals surface area contributed by atoms with Crippen molar-refractivity contribution < 1.29 is 4.79 Å². The van der Waals surface area contributed by atoms with Gasteiger partial charge in [0.1, 0.15) is 5.65 Å². The first-order chi connectivity index (χ1) is 14.1. The summed E-state index contributed by atoms with van der Waals surface area (Å²) >= 11 is 6.00. The van der Waals surface area contributed by atoms with Gasteiger partial charge in [0.15, 0.2) is 0 Å². The number of amides is 1. The summed E-state index contributed by atoms with van der Waals surface area (Å²) < 4.78 is 0. The first kappa shape index (κ1) is 19.7. The fourth-order valence-corrected chi connectivity index (χ4v) is 4.11. The number of likely N-dealkylation sites (tertiary alicyclic amines) is 1. The number of rotatable bonds is 5. The molecule has 2 aromatic heterocycles. The van der Waals surface area contributed by atoms with Crippen LogP contribution in [-0.2, 0) is 6.54 Å².